The number of fused-ring (bicyclic) bond motifs is 2. The van der Waals surface area contributed by atoms with E-state index in [9.17, 15) is 9.59 Å². The lowest BCUT2D eigenvalue weighted by atomic mass is 9.84. The first-order valence-electron chi connectivity index (χ1n) is 11.6. The van der Waals surface area contributed by atoms with Gasteiger partial charge in [0, 0.05) is 22.3 Å². The molecule has 0 heterocycles. The molecule has 0 saturated heterocycles. The topological polar surface area (TPSA) is 43.4 Å². The molecule has 30 heavy (non-hydrogen) atoms. The third-order valence-electron chi connectivity index (χ3n) is 6.19. The van der Waals surface area contributed by atoms with E-state index in [0.29, 0.717) is 22.3 Å². The summed E-state index contributed by atoms with van der Waals surface area (Å²) in [6.07, 6.45) is 7.08. The molecule has 2 aromatic rings. The minimum Gasteiger partial charge on any atom is -0.543 e. The fourth-order valence-electron chi connectivity index (χ4n) is 4.42. The average molecular weight is 423 g/mol. The third-order valence-corrected chi connectivity index (χ3v) is 10.7. The molecule has 0 aliphatic heterocycles. The van der Waals surface area contributed by atoms with Gasteiger partial charge in [0.1, 0.15) is 5.75 Å². The molecule has 0 unspecified atom stereocenters. The molecule has 0 spiro atoms. The molecule has 0 amide bonds. The molecule has 4 heteroatoms. The summed E-state index contributed by atoms with van der Waals surface area (Å²) in [6.45, 7) is 6.71. The maximum Gasteiger partial charge on any atom is 0.251 e. The average Bonchev–Trinajstić information content (AvgIpc) is 2.78. The summed E-state index contributed by atoms with van der Waals surface area (Å²) in [7, 11) is -1.95. The van der Waals surface area contributed by atoms with Crippen molar-refractivity contribution in [2.24, 2.45) is 0 Å². The van der Waals surface area contributed by atoms with Crippen LogP contribution in [0.4, 0.5) is 0 Å². The molecule has 0 N–H and O–H groups in total. The van der Waals surface area contributed by atoms with Crippen LogP contribution in [0, 0.1) is 0 Å². The van der Waals surface area contributed by atoms with Crippen molar-refractivity contribution in [3.63, 3.8) is 0 Å². The van der Waals surface area contributed by atoms with E-state index in [0.717, 1.165) is 23.9 Å². The molecule has 2 aromatic carbocycles. The lowest BCUT2D eigenvalue weighted by molar-refractivity contribution is 0.0979. The number of hydrogen-bond acceptors (Lipinski definition) is 3. The Labute approximate surface area is 182 Å². The normalized spacial score (nSPS) is 13.2. The lowest BCUT2D eigenvalue weighted by Crippen LogP contribution is -2.41. The van der Waals surface area contributed by atoms with Gasteiger partial charge in [0.15, 0.2) is 11.6 Å². The Morgan fingerprint density at radius 3 is 1.63 bits per heavy atom. The Morgan fingerprint density at radius 1 is 0.667 bits per heavy atom. The van der Waals surface area contributed by atoms with Crippen LogP contribution in [0.2, 0.25) is 18.1 Å². The monoisotopic (exact) mass is 422 g/mol. The van der Waals surface area contributed by atoms with Crippen molar-refractivity contribution in [3.05, 3.63) is 64.7 Å². The Hall–Kier alpha value is -2.20. The van der Waals surface area contributed by atoms with Gasteiger partial charge in [-0.2, -0.15) is 0 Å². The summed E-state index contributed by atoms with van der Waals surface area (Å²) >= 11 is 0. The number of carbonyl (C=O) groups excluding carboxylic acids is 2. The first-order valence-corrected chi connectivity index (χ1v) is 14.1. The Bertz CT molecular complexity index is 881. The molecule has 0 atom stereocenters. The van der Waals surface area contributed by atoms with Gasteiger partial charge in [-0.3, -0.25) is 9.59 Å². The van der Waals surface area contributed by atoms with E-state index in [1.807, 2.05) is 24.3 Å². The fourth-order valence-corrected chi connectivity index (χ4v) is 9.09. The zero-order valence-corrected chi connectivity index (χ0v) is 19.6. The van der Waals surface area contributed by atoms with Crippen LogP contribution >= 0.6 is 0 Å². The highest BCUT2D eigenvalue weighted by molar-refractivity contribution is 6.74. The predicted molar refractivity (Wildman–Crippen MR) is 125 cm³/mol. The van der Waals surface area contributed by atoms with Gasteiger partial charge in [0.05, 0.1) is 0 Å². The van der Waals surface area contributed by atoms with Gasteiger partial charge in [-0.05, 0) is 36.3 Å². The van der Waals surface area contributed by atoms with Gasteiger partial charge in [-0.25, -0.2) is 0 Å². The standard InChI is InChI=1S/C26H34O3Si/c1-4-7-16-30(17-8-5-2,18-9-6-3)29-20-14-15-23-24(19-20)26(28)22-13-11-10-12-21(22)25(23)27/h10-15,19H,4-9,16-18H2,1-3H3. The smallest absolute Gasteiger partial charge is 0.251 e. The Kier molecular flexibility index (Phi) is 7.65. The van der Waals surface area contributed by atoms with E-state index in [4.69, 9.17) is 4.43 Å². The van der Waals surface area contributed by atoms with Crippen molar-refractivity contribution in [2.75, 3.05) is 0 Å². The van der Waals surface area contributed by atoms with Gasteiger partial charge in [-0.15, -0.1) is 0 Å². The second kappa shape index (κ2) is 10.2. The van der Waals surface area contributed by atoms with Crippen LogP contribution in [0.15, 0.2) is 42.5 Å². The summed E-state index contributed by atoms with van der Waals surface area (Å²) in [5, 5.41) is 0. The first kappa shape index (κ1) is 22.5. The van der Waals surface area contributed by atoms with Crippen LogP contribution in [0.5, 0.6) is 5.75 Å². The van der Waals surface area contributed by atoms with E-state index < -0.39 is 8.32 Å². The second-order valence-electron chi connectivity index (χ2n) is 8.51. The molecule has 160 valence electrons. The second-order valence-corrected chi connectivity index (χ2v) is 12.6. The SMILES string of the molecule is CCCC[Si](CCCC)(CCCC)Oc1ccc2c(c1)C(=O)c1ccccc1C2=O. The molecule has 0 aromatic heterocycles. The fraction of sp³-hybridized carbons (Fsp3) is 0.462. The quantitative estimate of drug-likeness (QED) is 0.307. The van der Waals surface area contributed by atoms with Crippen molar-refractivity contribution in [1.82, 2.24) is 0 Å². The Morgan fingerprint density at radius 2 is 1.13 bits per heavy atom. The highest BCUT2D eigenvalue weighted by atomic mass is 28.4. The van der Waals surface area contributed by atoms with Crippen LogP contribution in [-0.4, -0.2) is 19.9 Å². The van der Waals surface area contributed by atoms with E-state index in [1.165, 1.54) is 38.5 Å². The van der Waals surface area contributed by atoms with Gasteiger partial charge in [-0.1, -0.05) is 83.6 Å². The zero-order chi connectivity index (χ0) is 21.6. The Balaban J connectivity index is 1.94. The van der Waals surface area contributed by atoms with E-state index in [2.05, 4.69) is 20.8 Å². The highest BCUT2D eigenvalue weighted by Gasteiger charge is 2.36. The minimum absolute atomic E-state index is 0.0711. The number of carbonyl (C=O) groups is 2. The van der Waals surface area contributed by atoms with E-state index in [-0.39, 0.29) is 11.6 Å². The first-order chi connectivity index (χ1) is 14.5. The molecule has 1 aliphatic carbocycles. The van der Waals surface area contributed by atoms with Gasteiger partial charge >= 0.3 is 0 Å². The lowest BCUT2D eigenvalue weighted by Gasteiger charge is -2.33. The minimum atomic E-state index is -1.95. The molecule has 0 bridgehead atoms. The van der Waals surface area contributed by atoms with Gasteiger partial charge in [0.2, 0.25) is 0 Å². The van der Waals surface area contributed by atoms with Crippen molar-refractivity contribution in [3.8, 4) is 5.75 Å². The van der Waals surface area contributed by atoms with Crippen molar-refractivity contribution in [1.29, 1.82) is 0 Å². The molecule has 0 radical (unpaired) electrons. The van der Waals surface area contributed by atoms with Gasteiger partial charge < -0.3 is 4.43 Å². The van der Waals surface area contributed by atoms with Crippen LogP contribution in [0.3, 0.4) is 0 Å². The number of rotatable bonds is 11. The molecule has 3 rings (SSSR count). The van der Waals surface area contributed by atoms with Crippen LogP contribution in [0.1, 0.15) is 91.1 Å². The molecular formula is C26H34O3Si. The number of hydrogen-bond donors (Lipinski definition) is 0. The van der Waals surface area contributed by atoms with Gasteiger partial charge in [0.25, 0.3) is 8.32 Å². The highest BCUT2D eigenvalue weighted by Crippen LogP contribution is 2.34. The summed E-state index contributed by atoms with van der Waals surface area (Å²) in [6, 6.07) is 16.1. The van der Waals surface area contributed by atoms with Crippen LogP contribution in [-0.2, 0) is 0 Å². The van der Waals surface area contributed by atoms with Crippen molar-refractivity contribution in [2.45, 2.75) is 77.4 Å². The molecule has 0 saturated carbocycles. The zero-order valence-electron chi connectivity index (χ0n) is 18.6. The predicted octanol–water partition coefficient (Wildman–Crippen LogP) is 7.19. The maximum absolute atomic E-state index is 13.1. The van der Waals surface area contributed by atoms with E-state index in [1.54, 1.807) is 18.2 Å². The maximum atomic E-state index is 13.1. The summed E-state index contributed by atoms with van der Waals surface area (Å²) in [5.74, 6) is 0.621. The van der Waals surface area contributed by atoms with E-state index >= 15 is 0 Å². The van der Waals surface area contributed by atoms with Crippen LogP contribution in [0.25, 0.3) is 0 Å². The largest absolute Gasteiger partial charge is 0.543 e. The molecule has 3 nitrogen and oxygen atoms in total. The number of unbranched alkanes of at least 4 members (excludes halogenated alkanes) is 3. The summed E-state index contributed by atoms with van der Waals surface area (Å²) < 4.78 is 6.82. The summed E-state index contributed by atoms with van der Waals surface area (Å²) in [4.78, 5) is 26.0. The van der Waals surface area contributed by atoms with Crippen LogP contribution < -0.4 is 4.43 Å². The molecule has 0 fully saturated rings. The third kappa shape index (κ3) is 4.75. The summed E-state index contributed by atoms with van der Waals surface area (Å²) in [5.41, 5.74) is 1.98. The molecule has 1 aliphatic rings. The number of ketones is 2. The van der Waals surface area contributed by atoms with Crippen molar-refractivity contribution >= 4 is 19.9 Å². The van der Waals surface area contributed by atoms with Crippen molar-refractivity contribution < 1.29 is 14.0 Å². The number of benzene rings is 2. The molecular weight excluding hydrogens is 388 g/mol.